The molecule has 12 heavy (non-hydrogen) atoms. The van der Waals surface area contributed by atoms with Crippen LogP contribution in [0.1, 0.15) is 5.56 Å². The molecule has 4 heteroatoms. The highest BCUT2D eigenvalue weighted by Gasteiger charge is 2.00. The lowest BCUT2D eigenvalue weighted by atomic mass is 10.3. The van der Waals surface area contributed by atoms with E-state index >= 15 is 0 Å². The summed E-state index contributed by atoms with van der Waals surface area (Å²) in [6, 6.07) is 2.12. The Bertz CT molecular complexity index is 353. The molecule has 2 nitrogen and oxygen atoms in total. The summed E-state index contributed by atoms with van der Waals surface area (Å²) in [5.41, 5.74) is 1.30. The largest absolute Gasteiger partial charge is 0.333 e. The smallest absolute Gasteiger partial charge is 0.0949 e. The van der Waals surface area contributed by atoms with E-state index in [1.54, 1.807) is 17.5 Å². The molecule has 0 aromatic carbocycles. The molecule has 0 aliphatic rings. The maximum Gasteiger partial charge on any atom is 0.0949 e. The van der Waals surface area contributed by atoms with Gasteiger partial charge in [-0.3, -0.25) is 0 Å². The van der Waals surface area contributed by atoms with Gasteiger partial charge in [0.2, 0.25) is 0 Å². The fourth-order valence-corrected chi connectivity index (χ4v) is 2.23. The van der Waals surface area contributed by atoms with E-state index < -0.39 is 0 Å². The van der Waals surface area contributed by atoms with Gasteiger partial charge in [0.1, 0.15) is 0 Å². The van der Waals surface area contributed by atoms with Gasteiger partial charge in [-0.25, -0.2) is 4.98 Å². The van der Waals surface area contributed by atoms with E-state index in [1.807, 2.05) is 17.1 Å². The van der Waals surface area contributed by atoms with Crippen molar-refractivity contribution in [2.75, 3.05) is 0 Å². The van der Waals surface area contributed by atoms with E-state index in [-0.39, 0.29) is 0 Å². The van der Waals surface area contributed by atoms with Crippen molar-refractivity contribution in [2.24, 2.45) is 0 Å². The van der Waals surface area contributed by atoms with Crippen LogP contribution < -0.4 is 0 Å². The molecule has 0 radical (unpaired) electrons. The Morgan fingerprint density at radius 2 is 2.50 bits per heavy atom. The standard InChI is InChI=1S/C8H7BrN2S/c9-8-7(1-4-12-8)5-11-3-2-10-6-11/h1-4,6H,5H2. The fourth-order valence-electron chi connectivity index (χ4n) is 1.01. The average molecular weight is 243 g/mol. The van der Waals surface area contributed by atoms with Gasteiger partial charge < -0.3 is 4.57 Å². The Labute approximate surface area is 83.0 Å². The van der Waals surface area contributed by atoms with Gasteiger partial charge in [-0.1, -0.05) is 0 Å². The van der Waals surface area contributed by atoms with Crippen LogP contribution in [0.4, 0.5) is 0 Å². The number of thiophene rings is 1. The molecule has 0 spiro atoms. The van der Waals surface area contributed by atoms with E-state index in [0.717, 1.165) is 6.54 Å². The maximum absolute atomic E-state index is 3.98. The quantitative estimate of drug-likeness (QED) is 0.792. The average Bonchev–Trinajstić information content (AvgIpc) is 2.65. The Morgan fingerprint density at radius 3 is 3.08 bits per heavy atom. The summed E-state index contributed by atoms with van der Waals surface area (Å²) in [5.74, 6) is 0. The third-order valence-electron chi connectivity index (χ3n) is 1.61. The predicted octanol–water partition coefficient (Wildman–Crippen LogP) is 2.76. The molecule has 0 atom stereocenters. The van der Waals surface area contributed by atoms with Crippen molar-refractivity contribution in [1.82, 2.24) is 9.55 Å². The summed E-state index contributed by atoms with van der Waals surface area (Å²) in [4.78, 5) is 3.98. The molecule has 0 saturated heterocycles. The van der Waals surface area contributed by atoms with Gasteiger partial charge >= 0.3 is 0 Å². The Balaban J connectivity index is 2.20. The van der Waals surface area contributed by atoms with Crippen LogP contribution in [0.15, 0.2) is 34.0 Å². The molecule has 62 valence electrons. The maximum atomic E-state index is 3.98. The van der Waals surface area contributed by atoms with Gasteiger partial charge in [0, 0.05) is 12.4 Å². The van der Waals surface area contributed by atoms with Gasteiger partial charge in [-0.05, 0) is 32.9 Å². The van der Waals surface area contributed by atoms with E-state index in [2.05, 4.69) is 32.4 Å². The van der Waals surface area contributed by atoms with E-state index in [4.69, 9.17) is 0 Å². The minimum absolute atomic E-state index is 0.893. The van der Waals surface area contributed by atoms with Crippen molar-refractivity contribution in [2.45, 2.75) is 6.54 Å². The molecule has 0 bridgehead atoms. The van der Waals surface area contributed by atoms with Crippen molar-refractivity contribution < 1.29 is 0 Å². The van der Waals surface area contributed by atoms with Crippen molar-refractivity contribution in [1.29, 1.82) is 0 Å². The van der Waals surface area contributed by atoms with Gasteiger partial charge in [0.15, 0.2) is 0 Å². The lowest BCUT2D eigenvalue weighted by molar-refractivity contribution is 0.798. The van der Waals surface area contributed by atoms with Crippen LogP contribution in [0.2, 0.25) is 0 Å². The zero-order valence-corrected chi connectivity index (χ0v) is 8.68. The topological polar surface area (TPSA) is 17.8 Å². The molecule has 0 aliphatic carbocycles. The van der Waals surface area contributed by atoms with Gasteiger partial charge in [-0.2, -0.15) is 0 Å². The zero-order valence-electron chi connectivity index (χ0n) is 6.27. The Morgan fingerprint density at radius 1 is 1.58 bits per heavy atom. The summed E-state index contributed by atoms with van der Waals surface area (Å²) in [5, 5.41) is 2.08. The van der Waals surface area contributed by atoms with E-state index in [0.29, 0.717) is 0 Å². The first-order valence-electron chi connectivity index (χ1n) is 3.54. The molecule has 0 aliphatic heterocycles. The van der Waals surface area contributed by atoms with Crippen LogP contribution in [-0.4, -0.2) is 9.55 Å². The highest BCUT2D eigenvalue weighted by atomic mass is 79.9. The fraction of sp³-hybridized carbons (Fsp3) is 0.125. The Kier molecular flexibility index (Phi) is 2.28. The van der Waals surface area contributed by atoms with Gasteiger partial charge in [0.05, 0.1) is 16.7 Å². The summed E-state index contributed by atoms with van der Waals surface area (Å²) < 4.78 is 3.25. The highest BCUT2D eigenvalue weighted by Crippen LogP contribution is 2.23. The first-order chi connectivity index (χ1) is 5.86. The normalized spacial score (nSPS) is 10.4. The zero-order chi connectivity index (χ0) is 8.39. The van der Waals surface area contributed by atoms with Crippen LogP contribution >= 0.6 is 27.3 Å². The third-order valence-corrected chi connectivity index (χ3v) is 3.42. The van der Waals surface area contributed by atoms with Crippen molar-refractivity contribution >= 4 is 27.3 Å². The van der Waals surface area contributed by atoms with Crippen LogP contribution in [0.3, 0.4) is 0 Å². The SMILES string of the molecule is Brc1sccc1Cn1ccnc1. The van der Waals surface area contributed by atoms with Crippen molar-refractivity contribution in [3.05, 3.63) is 39.5 Å². The van der Waals surface area contributed by atoms with Crippen LogP contribution in [-0.2, 0) is 6.54 Å². The molecule has 2 aromatic rings. The predicted molar refractivity (Wildman–Crippen MR) is 53.3 cm³/mol. The summed E-state index contributed by atoms with van der Waals surface area (Å²) >= 11 is 5.21. The molecular formula is C8H7BrN2S. The minimum atomic E-state index is 0.893. The second-order valence-corrected chi connectivity index (χ2v) is 4.69. The second-order valence-electron chi connectivity index (χ2n) is 2.45. The number of hydrogen-bond acceptors (Lipinski definition) is 2. The van der Waals surface area contributed by atoms with Crippen LogP contribution in [0, 0.1) is 0 Å². The lowest BCUT2D eigenvalue weighted by Gasteiger charge is -1.98. The lowest BCUT2D eigenvalue weighted by Crippen LogP contribution is -1.94. The number of hydrogen-bond donors (Lipinski definition) is 0. The van der Waals surface area contributed by atoms with Crippen LogP contribution in [0.25, 0.3) is 0 Å². The van der Waals surface area contributed by atoms with Crippen LogP contribution in [0.5, 0.6) is 0 Å². The number of halogens is 1. The number of imidazole rings is 1. The molecule has 0 fully saturated rings. The number of nitrogens with zero attached hydrogens (tertiary/aromatic N) is 2. The molecule has 2 aromatic heterocycles. The molecule has 0 saturated carbocycles. The Hall–Kier alpha value is -0.610. The minimum Gasteiger partial charge on any atom is -0.333 e. The monoisotopic (exact) mass is 242 g/mol. The van der Waals surface area contributed by atoms with Crippen molar-refractivity contribution in [3.63, 3.8) is 0 Å². The molecule has 0 amide bonds. The first-order valence-corrected chi connectivity index (χ1v) is 5.21. The molecule has 0 unspecified atom stereocenters. The highest BCUT2D eigenvalue weighted by molar-refractivity contribution is 9.11. The molecular weight excluding hydrogens is 236 g/mol. The van der Waals surface area contributed by atoms with Crippen molar-refractivity contribution in [3.8, 4) is 0 Å². The third kappa shape index (κ3) is 1.59. The summed E-state index contributed by atoms with van der Waals surface area (Å²) in [7, 11) is 0. The molecule has 0 N–H and O–H groups in total. The summed E-state index contributed by atoms with van der Waals surface area (Å²) in [6.07, 6.45) is 5.58. The number of aromatic nitrogens is 2. The first kappa shape index (κ1) is 8.01. The van der Waals surface area contributed by atoms with E-state index in [1.165, 1.54) is 9.35 Å². The number of rotatable bonds is 2. The van der Waals surface area contributed by atoms with Gasteiger partial charge in [-0.15, -0.1) is 11.3 Å². The van der Waals surface area contributed by atoms with Gasteiger partial charge in [0.25, 0.3) is 0 Å². The summed E-state index contributed by atoms with van der Waals surface area (Å²) in [6.45, 7) is 0.893. The molecule has 2 rings (SSSR count). The molecule has 2 heterocycles. The second kappa shape index (κ2) is 3.41. The van der Waals surface area contributed by atoms with E-state index in [9.17, 15) is 0 Å².